The van der Waals surface area contributed by atoms with Gasteiger partial charge in [-0.15, -0.1) is 0 Å². The van der Waals surface area contributed by atoms with Gasteiger partial charge in [-0.05, 0) is 104 Å². The molecule has 3 heteroatoms. The van der Waals surface area contributed by atoms with Gasteiger partial charge in [0.15, 0.2) is 0 Å². The van der Waals surface area contributed by atoms with Crippen LogP contribution < -0.4 is 4.90 Å². The third-order valence-corrected chi connectivity index (χ3v) is 12.0. The lowest BCUT2D eigenvalue weighted by Crippen LogP contribution is -2.27. The van der Waals surface area contributed by atoms with Gasteiger partial charge in [0.05, 0.1) is 0 Å². The lowest BCUT2D eigenvalue weighted by Gasteiger charge is -2.31. The number of hydrogen-bond acceptors (Lipinski definition) is 2. The van der Waals surface area contributed by atoms with E-state index in [1.807, 2.05) is 12.1 Å². The van der Waals surface area contributed by atoms with Crippen molar-refractivity contribution in [1.29, 1.82) is 0 Å². The van der Waals surface area contributed by atoms with Gasteiger partial charge in [-0.1, -0.05) is 157 Å². The van der Waals surface area contributed by atoms with E-state index in [9.17, 15) is 5.11 Å². The summed E-state index contributed by atoms with van der Waals surface area (Å²) in [6.45, 7) is 4.67. The zero-order valence-corrected chi connectivity index (χ0v) is 31.1. The van der Waals surface area contributed by atoms with E-state index >= 15 is 0 Å². The number of fused-ring (bicyclic) bond motifs is 7. The fourth-order valence-electron chi connectivity index (χ4n) is 9.06. The van der Waals surface area contributed by atoms with Gasteiger partial charge in [-0.25, -0.2) is 0 Å². The minimum Gasteiger partial charge on any atom is -0.376 e. The van der Waals surface area contributed by atoms with Gasteiger partial charge in [0, 0.05) is 43.6 Å². The number of para-hydroxylation sites is 1. The van der Waals surface area contributed by atoms with E-state index in [0.717, 1.165) is 71.3 Å². The molecule has 0 saturated carbocycles. The minimum atomic E-state index is -1.36. The van der Waals surface area contributed by atoms with Crippen LogP contribution in [0.4, 0.5) is 17.1 Å². The number of hydrogen-bond donors (Lipinski definition) is 1. The second-order valence-electron chi connectivity index (χ2n) is 14.8. The molecule has 0 bridgehead atoms. The summed E-state index contributed by atoms with van der Waals surface area (Å²) in [5.41, 5.74) is 13.9. The van der Waals surface area contributed by atoms with Crippen LogP contribution in [0.3, 0.4) is 0 Å². The number of benzene rings is 8. The van der Waals surface area contributed by atoms with E-state index in [0.29, 0.717) is 0 Å². The fourth-order valence-corrected chi connectivity index (χ4v) is 9.42. The first-order chi connectivity index (χ1) is 25.8. The minimum absolute atomic E-state index is 0.129. The third-order valence-electron chi connectivity index (χ3n) is 11.5. The molecule has 8 aromatic carbocycles. The van der Waals surface area contributed by atoms with Gasteiger partial charge in [0.2, 0.25) is 0 Å². The molecule has 0 amide bonds. The zero-order chi connectivity index (χ0) is 35.9. The second-order valence-corrected chi connectivity index (χ2v) is 15.7. The van der Waals surface area contributed by atoms with Crippen molar-refractivity contribution in [3.8, 4) is 33.4 Å². The average Bonchev–Trinajstić information content (AvgIpc) is 3.59. The Morgan fingerprint density at radius 3 is 1.70 bits per heavy atom. The van der Waals surface area contributed by atoms with Crippen LogP contribution in [-0.4, -0.2) is 5.11 Å². The quantitative estimate of drug-likeness (QED) is 0.190. The number of nitrogens with zero attached hydrogens (tertiary/aromatic N) is 1. The van der Waals surface area contributed by atoms with Crippen LogP contribution in [0.1, 0.15) is 41.7 Å². The van der Waals surface area contributed by atoms with Gasteiger partial charge >= 0.3 is 0 Å². The van der Waals surface area contributed by atoms with E-state index in [2.05, 4.69) is 198 Å². The van der Waals surface area contributed by atoms with Crippen molar-refractivity contribution in [1.82, 2.24) is 0 Å². The monoisotopic (exact) mass is 745 g/mol. The zero-order valence-electron chi connectivity index (χ0n) is 29.5. The van der Waals surface area contributed by atoms with Crippen LogP contribution >= 0.6 is 15.9 Å². The van der Waals surface area contributed by atoms with Gasteiger partial charge in [0.25, 0.3) is 0 Å². The molecule has 0 aromatic heterocycles. The highest BCUT2D eigenvalue weighted by Gasteiger charge is 2.44. The summed E-state index contributed by atoms with van der Waals surface area (Å²) in [6, 6.07) is 62.5. The van der Waals surface area contributed by atoms with Gasteiger partial charge in [-0.2, -0.15) is 0 Å². The molecule has 8 aromatic rings. The Kier molecular flexibility index (Phi) is 7.17. The molecule has 1 N–H and O–H groups in total. The third kappa shape index (κ3) is 4.74. The normalized spacial score (nSPS) is 16.2. The van der Waals surface area contributed by atoms with Crippen molar-refractivity contribution in [2.24, 2.45) is 0 Å². The summed E-state index contributed by atoms with van der Waals surface area (Å²) in [7, 11) is 0. The molecule has 1 atom stereocenters. The molecular formula is C50H36BrNO. The lowest BCUT2D eigenvalue weighted by atomic mass is 9.79. The summed E-state index contributed by atoms with van der Waals surface area (Å²) in [4.78, 5) is 2.38. The maximum absolute atomic E-state index is 13.2. The number of aliphatic hydroxyl groups is 1. The Labute approximate surface area is 318 Å². The highest BCUT2D eigenvalue weighted by Crippen LogP contribution is 2.55. The summed E-state index contributed by atoms with van der Waals surface area (Å²) in [5, 5.41) is 15.5. The summed E-state index contributed by atoms with van der Waals surface area (Å²) in [5.74, 6) is 0. The topological polar surface area (TPSA) is 23.5 Å². The Morgan fingerprint density at radius 1 is 0.415 bits per heavy atom. The van der Waals surface area contributed by atoms with Gasteiger partial charge in [0.1, 0.15) is 5.60 Å². The molecule has 0 radical (unpaired) electrons. The molecule has 2 aliphatic carbocycles. The Morgan fingerprint density at radius 2 is 0.962 bits per heavy atom. The highest BCUT2D eigenvalue weighted by atomic mass is 79.9. The smallest absolute Gasteiger partial charge is 0.142 e. The molecule has 0 saturated heterocycles. The summed E-state index contributed by atoms with van der Waals surface area (Å²) >= 11 is 3.72. The first-order valence-electron chi connectivity index (χ1n) is 18.2. The van der Waals surface area contributed by atoms with Gasteiger partial charge < -0.3 is 10.0 Å². The van der Waals surface area contributed by atoms with E-state index in [-0.39, 0.29) is 5.41 Å². The Balaban J connectivity index is 1.21. The van der Waals surface area contributed by atoms with Gasteiger partial charge in [-0.3, -0.25) is 0 Å². The summed E-state index contributed by atoms with van der Waals surface area (Å²) in [6.07, 6.45) is 0. The second kappa shape index (κ2) is 11.9. The highest BCUT2D eigenvalue weighted by molar-refractivity contribution is 9.10. The Bertz CT molecular complexity index is 2750. The predicted octanol–water partition coefficient (Wildman–Crippen LogP) is 13.3. The van der Waals surface area contributed by atoms with Crippen LogP contribution in [-0.2, 0) is 11.0 Å². The van der Waals surface area contributed by atoms with Crippen LogP contribution in [0.25, 0.3) is 44.2 Å². The number of halogens is 1. The molecule has 10 rings (SSSR count). The van der Waals surface area contributed by atoms with Crippen LogP contribution in [0.5, 0.6) is 0 Å². The summed E-state index contributed by atoms with van der Waals surface area (Å²) < 4.78 is 0.937. The first kappa shape index (κ1) is 32.0. The largest absolute Gasteiger partial charge is 0.376 e. The molecule has 2 aliphatic rings. The molecule has 0 fully saturated rings. The van der Waals surface area contributed by atoms with E-state index in [1.54, 1.807) is 0 Å². The number of anilines is 3. The van der Waals surface area contributed by atoms with Crippen molar-refractivity contribution in [3.05, 3.63) is 208 Å². The standard InChI is InChI=1S/C50H36BrNO/c1-49(2)44-21-11-8-18-38(44)41-27-25-35(31-47(41)49)52(34-15-4-3-5-16-34)36-28-32-14-6-7-17-37(32)43(30-36)40-20-10-13-23-46(40)50(53)45-22-12-9-19-39(45)42-26-24-33(51)29-48(42)50/h3-31,53H,1-2H3. The van der Waals surface area contributed by atoms with Crippen molar-refractivity contribution < 1.29 is 5.11 Å². The Hall–Kier alpha value is -5.74. The predicted molar refractivity (Wildman–Crippen MR) is 223 cm³/mol. The first-order valence-corrected chi connectivity index (χ1v) is 19.0. The fraction of sp³-hybridized carbons (Fsp3) is 0.0800. The molecular weight excluding hydrogens is 710 g/mol. The molecule has 0 spiro atoms. The molecule has 1 unspecified atom stereocenters. The van der Waals surface area contributed by atoms with Crippen LogP contribution in [0, 0.1) is 0 Å². The molecule has 254 valence electrons. The number of rotatable bonds is 5. The molecule has 0 aliphatic heterocycles. The van der Waals surface area contributed by atoms with E-state index in [1.165, 1.54) is 22.3 Å². The van der Waals surface area contributed by atoms with E-state index in [4.69, 9.17) is 0 Å². The van der Waals surface area contributed by atoms with Crippen molar-refractivity contribution in [2.45, 2.75) is 24.9 Å². The molecule has 53 heavy (non-hydrogen) atoms. The lowest BCUT2D eigenvalue weighted by molar-refractivity contribution is 0.131. The average molecular weight is 747 g/mol. The molecule has 0 heterocycles. The van der Waals surface area contributed by atoms with Crippen molar-refractivity contribution >= 4 is 43.8 Å². The van der Waals surface area contributed by atoms with Crippen molar-refractivity contribution in [3.63, 3.8) is 0 Å². The SMILES string of the molecule is CC1(C)c2ccccc2-c2ccc(N(c3ccccc3)c3cc(-c4ccccc4C4(O)c5ccccc5-c5ccc(Br)cc54)c4ccccc4c3)cc21. The maximum Gasteiger partial charge on any atom is 0.142 e. The van der Waals surface area contributed by atoms with Crippen molar-refractivity contribution in [2.75, 3.05) is 4.90 Å². The van der Waals surface area contributed by atoms with Crippen LogP contribution in [0.15, 0.2) is 180 Å². The van der Waals surface area contributed by atoms with E-state index < -0.39 is 5.60 Å². The van der Waals surface area contributed by atoms with Crippen LogP contribution in [0.2, 0.25) is 0 Å². The maximum atomic E-state index is 13.2. The molecule has 2 nitrogen and oxygen atoms in total.